The highest BCUT2D eigenvalue weighted by molar-refractivity contribution is 8.18. The molecule has 2 saturated heterocycles. The van der Waals surface area contributed by atoms with Gasteiger partial charge in [-0.1, -0.05) is 48.5 Å². The van der Waals surface area contributed by atoms with Crippen LogP contribution in [0.1, 0.15) is 40.0 Å². The monoisotopic (exact) mass is 547 g/mol. The molecule has 200 valence electrons. The van der Waals surface area contributed by atoms with E-state index in [0.717, 1.165) is 41.9 Å². The summed E-state index contributed by atoms with van der Waals surface area (Å²) in [5, 5.41) is -0.483. The molecule has 5 rings (SSSR count). The maximum atomic E-state index is 13.5. The third-order valence-electron chi connectivity index (χ3n) is 7.08. The minimum Gasteiger partial charge on any atom is -0.336 e. The molecule has 1 atom stereocenters. The lowest BCUT2D eigenvalue weighted by Crippen LogP contribution is -2.49. The lowest BCUT2D eigenvalue weighted by molar-refractivity contribution is -0.123. The summed E-state index contributed by atoms with van der Waals surface area (Å²) < 4.78 is 26.7. The van der Waals surface area contributed by atoms with Crippen molar-refractivity contribution in [1.82, 2.24) is 14.7 Å². The average molecular weight is 548 g/mol. The second kappa shape index (κ2) is 11.5. The molecule has 0 saturated carbocycles. The van der Waals surface area contributed by atoms with Crippen molar-refractivity contribution in [3.63, 3.8) is 0 Å². The Bertz CT molecular complexity index is 1420. The molecule has 3 aromatic rings. The van der Waals surface area contributed by atoms with Gasteiger partial charge in [0.1, 0.15) is 0 Å². The Morgan fingerprint density at radius 2 is 1.62 bits per heavy atom. The number of hydrogen-bond acceptors (Lipinski definition) is 5. The number of halogens is 2. The summed E-state index contributed by atoms with van der Waals surface area (Å²) in [6, 6.07) is 20.8. The Morgan fingerprint density at radius 3 is 2.28 bits per heavy atom. The number of thioether (sulfide) groups is 1. The minimum atomic E-state index is -1.03. The molecule has 2 fully saturated rings. The van der Waals surface area contributed by atoms with Gasteiger partial charge in [-0.3, -0.25) is 24.2 Å². The molecule has 3 amide bonds. The van der Waals surface area contributed by atoms with E-state index in [1.807, 2.05) is 23.1 Å². The topological polar surface area (TPSA) is 60.9 Å². The van der Waals surface area contributed by atoms with E-state index in [2.05, 4.69) is 24.0 Å². The molecule has 2 heterocycles. The van der Waals surface area contributed by atoms with Crippen LogP contribution in [0.15, 0.2) is 77.7 Å². The Labute approximate surface area is 229 Å². The molecule has 1 unspecified atom stereocenters. The number of hydrogen-bond donors (Lipinski definition) is 0. The summed E-state index contributed by atoms with van der Waals surface area (Å²) in [5.41, 5.74) is 2.81. The van der Waals surface area contributed by atoms with Gasteiger partial charge in [-0.2, -0.15) is 0 Å². The zero-order chi connectivity index (χ0) is 27.5. The third kappa shape index (κ3) is 5.94. The van der Waals surface area contributed by atoms with Crippen LogP contribution in [0.25, 0.3) is 6.08 Å². The molecule has 0 aliphatic carbocycles. The molecule has 6 nitrogen and oxygen atoms in total. The molecule has 39 heavy (non-hydrogen) atoms. The lowest BCUT2D eigenvalue weighted by Gasteiger charge is -2.38. The summed E-state index contributed by atoms with van der Waals surface area (Å²) >= 11 is 0.788. The van der Waals surface area contributed by atoms with Crippen LogP contribution < -0.4 is 0 Å². The van der Waals surface area contributed by atoms with Gasteiger partial charge in [-0.05, 0) is 65.7 Å². The van der Waals surface area contributed by atoms with Gasteiger partial charge >= 0.3 is 0 Å². The SMILES string of the molecule is CC(c1ccccc1)N1CCN(C(=O)c2ccc(/C=C3\SC(=O)N(Cc4ccc(F)c(F)c4)C3=O)cc2)CC1. The highest BCUT2D eigenvalue weighted by Crippen LogP contribution is 2.33. The summed E-state index contributed by atoms with van der Waals surface area (Å²) in [7, 11) is 0. The molecule has 3 aromatic carbocycles. The minimum absolute atomic E-state index is 0.0413. The number of amides is 3. The Balaban J connectivity index is 1.19. The fraction of sp³-hybridized carbons (Fsp3) is 0.233. The molecule has 2 aliphatic rings. The summed E-state index contributed by atoms with van der Waals surface area (Å²) in [6.07, 6.45) is 1.59. The number of benzene rings is 3. The Kier molecular flexibility index (Phi) is 7.90. The summed E-state index contributed by atoms with van der Waals surface area (Å²) in [4.78, 5) is 43.8. The smallest absolute Gasteiger partial charge is 0.293 e. The van der Waals surface area contributed by atoms with Crippen molar-refractivity contribution in [1.29, 1.82) is 0 Å². The van der Waals surface area contributed by atoms with Gasteiger partial charge in [0.05, 0.1) is 11.4 Å². The molecule has 0 aromatic heterocycles. The van der Waals surface area contributed by atoms with Gasteiger partial charge in [-0.25, -0.2) is 8.78 Å². The number of carbonyl (C=O) groups is 3. The Morgan fingerprint density at radius 1 is 0.923 bits per heavy atom. The number of rotatable bonds is 6. The first kappa shape index (κ1) is 26.8. The largest absolute Gasteiger partial charge is 0.336 e. The maximum Gasteiger partial charge on any atom is 0.293 e. The first-order valence-electron chi connectivity index (χ1n) is 12.7. The first-order valence-corrected chi connectivity index (χ1v) is 13.5. The van der Waals surface area contributed by atoms with Crippen molar-refractivity contribution in [3.05, 3.63) is 112 Å². The normalized spacial score (nSPS) is 18.2. The number of carbonyl (C=O) groups excluding carboxylic acids is 3. The average Bonchev–Trinajstić information content (AvgIpc) is 3.22. The zero-order valence-corrected chi connectivity index (χ0v) is 22.2. The van der Waals surface area contributed by atoms with Gasteiger partial charge in [0.15, 0.2) is 11.6 Å². The van der Waals surface area contributed by atoms with Gasteiger partial charge in [-0.15, -0.1) is 0 Å². The second-order valence-corrected chi connectivity index (χ2v) is 10.5. The van der Waals surface area contributed by atoms with E-state index in [-0.39, 0.29) is 23.4 Å². The molecule has 0 spiro atoms. The van der Waals surface area contributed by atoms with Crippen LogP contribution in [-0.4, -0.2) is 57.9 Å². The van der Waals surface area contributed by atoms with Crippen molar-refractivity contribution >= 4 is 34.9 Å². The lowest BCUT2D eigenvalue weighted by atomic mass is 10.1. The van der Waals surface area contributed by atoms with Gasteiger partial charge in [0.2, 0.25) is 0 Å². The van der Waals surface area contributed by atoms with Crippen LogP contribution in [0, 0.1) is 11.6 Å². The van der Waals surface area contributed by atoms with Crippen LogP contribution in [0.2, 0.25) is 0 Å². The quantitative estimate of drug-likeness (QED) is 0.370. The zero-order valence-electron chi connectivity index (χ0n) is 21.3. The standard InChI is InChI=1S/C30H27F2N3O3S/c1-20(23-5-3-2-4-6-23)33-13-15-34(16-14-33)28(36)24-10-7-21(8-11-24)18-27-29(37)35(30(38)39-27)19-22-9-12-25(31)26(32)17-22/h2-12,17-18,20H,13-16,19H2,1H3/b27-18-. The van der Waals surface area contributed by atoms with Crippen LogP contribution in [-0.2, 0) is 11.3 Å². The van der Waals surface area contributed by atoms with Crippen LogP contribution in [0.4, 0.5) is 13.6 Å². The van der Waals surface area contributed by atoms with Crippen molar-refractivity contribution in [3.8, 4) is 0 Å². The third-order valence-corrected chi connectivity index (χ3v) is 7.99. The van der Waals surface area contributed by atoms with E-state index in [1.165, 1.54) is 11.6 Å². The van der Waals surface area contributed by atoms with Crippen molar-refractivity contribution in [2.24, 2.45) is 0 Å². The predicted octanol–water partition coefficient (Wildman–Crippen LogP) is 5.72. The van der Waals surface area contributed by atoms with Gasteiger partial charge in [0.25, 0.3) is 17.1 Å². The van der Waals surface area contributed by atoms with E-state index >= 15 is 0 Å². The molecule has 9 heteroatoms. The summed E-state index contributed by atoms with van der Waals surface area (Å²) in [6.45, 7) is 4.90. The van der Waals surface area contributed by atoms with Crippen LogP contribution in [0.3, 0.4) is 0 Å². The van der Waals surface area contributed by atoms with E-state index in [1.54, 1.807) is 30.3 Å². The molecular weight excluding hydrogens is 520 g/mol. The van der Waals surface area contributed by atoms with Gasteiger partial charge in [0, 0.05) is 37.8 Å². The summed E-state index contributed by atoms with van der Waals surface area (Å²) in [5.74, 6) is -2.57. The van der Waals surface area contributed by atoms with Crippen molar-refractivity contribution in [2.75, 3.05) is 26.2 Å². The molecule has 0 radical (unpaired) electrons. The molecule has 2 aliphatic heterocycles. The van der Waals surface area contributed by atoms with E-state index in [0.29, 0.717) is 29.8 Å². The van der Waals surface area contributed by atoms with Crippen LogP contribution >= 0.6 is 11.8 Å². The van der Waals surface area contributed by atoms with Crippen molar-refractivity contribution in [2.45, 2.75) is 19.5 Å². The number of piperazine rings is 1. The number of imide groups is 1. The van der Waals surface area contributed by atoms with Crippen molar-refractivity contribution < 1.29 is 23.2 Å². The van der Waals surface area contributed by atoms with Gasteiger partial charge < -0.3 is 4.90 Å². The Hall–Kier alpha value is -3.82. The number of nitrogens with zero attached hydrogens (tertiary/aromatic N) is 3. The van der Waals surface area contributed by atoms with E-state index in [4.69, 9.17) is 0 Å². The highest BCUT2D eigenvalue weighted by Gasteiger charge is 2.35. The second-order valence-electron chi connectivity index (χ2n) is 9.55. The fourth-order valence-corrected chi connectivity index (χ4v) is 5.61. The van der Waals surface area contributed by atoms with Crippen LogP contribution in [0.5, 0.6) is 0 Å². The molecular formula is C30H27F2N3O3S. The molecule has 0 N–H and O–H groups in total. The molecule has 0 bridgehead atoms. The van der Waals surface area contributed by atoms with E-state index < -0.39 is 22.8 Å². The first-order chi connectivity index (χ1) is 18.8. The maximum absolute atomic E-state index is 13.5. The van der Waals surface area contributed by atoms with E-state index in [9.17, 15) is 23.2 Å². The highest BCUT2D eigenvalue weighted by atomic mass is 32.2. The fourth-order valence-electron chi connectivity index (χ4n) is 4.77. The predicted molar refractivity (Wildman–Crippen MR) is 147 cm³/mol.